The predicted octanol–water partition coefficient (Wildman–Crippen LogP) is 4.47. The molecule has 2 N–H and O–H groups in total. The summed E-state index contributed by atoms with van der Waals surface area (Å²) in [6, 6.07) is 9.12. The molecule has 8 heteroatoms. The van der Waals surface area contributed by atoms with Crippen molar-refractivity contribution in [3.8, 4) is 0 Å². The molecule has 7 nitrogen and oxygen atoms in total. The Morgan fingerprint density at radius 1 is 1.00 bits per heavy atom. The number of carbonyl (C=O) groups excluding carboxylic acids is 1. The van der Waals surface area contributed by atoms with Crippen molar-refractivity contribution in [2.75, 3.05) is 0 Å². The quantitative estimate of drug-likeness (QED) is 0.405. The molecule has 0 saturated carbocycles. The van der Waals surface area contributed by atoms with Crippen LogP contribution in [-0.2, 0) is 22.4 Å². The lowest BCUT2D eigenvalue weighted by Gasteiger charge is -2.15. The largest absolute Gasteiger partial charge is 0.480 e. The van der Waals surface area contributed by atoms with Gasteiger partial charge in [-0.25, -0.2) is 9.59 Å². The Bertz CT molecular complexity index is 1450. The van der Waals surface area contributed by atoms with Gasteiger partial charge in [0.2, 0.25) is 5.91 Å². The summed E-state index contributed by atoms with van der Waals surface area (Å²) in [6.45, 7) is 5.56. The third-order valence-corrected chi connectivity index (χ3v) is 6.16. The summed E-state index contributed by atoms with van der Waals surface area (Å²) in [5, 5.41) is 14.2. The molecule has 0 aliphatic rings. The molecule has 0 aliphatic carbocycles. The standard InChI is InChI=1S/C25H22ClNO6/c1-12-14(3)32-21-11-22-18(9-17(12)21)13(2)19(25(31)33-22)10-23(28)27-20(24(29)30)8-15-4-6-16(26)7-5-15/h4-7,9,11,20H,8,10H2,1-3H3,(H,27,28)(H,29,30). The second kappa shape index (κ2) is 8.75. The number of rotatable bonds is 6. The first-order chi connectivity index (χ1) is 15.6. The van der Waals surface area contributed by atoms with Gasteiger partial charge in [0.05, 0.1) is 12.0 Å². The summed E-state index contributed by atoms with van der Waals surface area (Å²) in [4.78, 5) is 37.0. The van der Waals surface area contributed by atoms with Crippen molar-refractivity contribution in [3.05, 3.63) is 79.9 Å². The number of benzene rings is 2. The summed E-state index contributed by atoms with van der Waals surface area (Å²) in [5.74, 6) is -0.975. The number of fused-ring (bicyclic) bond motifs is 2. The van der Waals surface area contributed by atoms with Crippen LogP contribution in [0.1, 0.15) is 28.0 Å². The van der Waals surface area contributed by atoms with Crippen molar-refractivity contribution in [2.24, 2.45) is 0 Å². The number of carboxylic acid groups (broad SMARTS) is 1. The highest BCUT2D eigenvalue weighted by molar-refractivity contribution is 6.30. The molecule has 4 aromatic rings. The van der Waals surface area contributed by atoms with Crippen LogP contribution < -0.4 is 10.9 Å². The van der Waals surface area contributed by atoms with Gasteiger partial charge in [-0.1, -0.05) is 23.7 Å². The lowest BCUT2D eigenvalue weighted by Crippen LogP contribution is -2.43. The van der Waals surface area contributed by atoms with Crippen LogP contribution in [0.4, 0.5) is 0 Å². The van der Waals surface area contributed by atoms with Gasteiger partial charge in [0.15, 0.2) is 0 Å². The third-order valence-electron chi connectivity index (χ3n) is 5.91. The fourth-order valence-corrected chi connectivity index (χ4v) is 4.02. The second-order valence-electron chi connectivity index (χ2n) is 8.09. The van der Waals surface area contributed by atoms with Gasteiger partial charge in [0.1, 0.15) is 23.0 Å². The summed E-state index contributed by atoms with van der Waals surface area (Å²) in [6.07, 6.45) is -0.212. The van der Waals surface area contributed by atoms with Gasteiger partial charge in [-0.05, 0) is 55.7 Å². The molecule has 0 spiro atoms. The first kappa shape index (κ1) is 22.6. The van der Waals surface area contributed by atoms with E-state index in [1.807, 2.05) is 19.9 Å². The maximum atomic E-state index is 12.7. The molecule has 0 aliphatic heterocycles. The van der Waals surface area contributed by atoms with Gasteiger partial charge >= 0.3 is 11.6 Å². The number of hydrogen-bond donors (Lipinski definition) is 2. The SMILES string of the molecule is Cc1oc2cc3oc(=O)c(CC(=O)NC(Cc4ccc(Cl)cc4)C(=O)O)c(C)c3cc2c1C. The van der Waals surface area contributed by atoms with Gasteiger partial charge in [-0.3, -0.25) is 4.79 Å². The monoisotopic (exact) mass is 467 g/mol. The van der Waals surface area contributed by atoms with E-state index >= 15 is 0 Å². The lowest BCUT2D eigenvalue weighted by atomic mass is 10.0. The van der Waals surface area contributed by atoms with E-state index in [1.165, 1.54) is 0 Å². The third kappa shape index (κ3) is 4.50. The van der Waals surface area contributed by atoms with Gasteiger partial charge in [-0.2, -0.15) is 0 Å². The number of carbonyl (C=O) groups is 2. The van der Waals surface area contributed by atoms with E-state index in [9.17, 15) is 19.5 Å². The van der Waals surface area contributed by atoms with Crippen molar-refractivity contribution >= 4 is 45.4 Å². The van der Waals surface area contributed by atoms with Crippen molar-refractivity contribution < 1.29 is 23.5 Å². The van der Waals surface area contributed by atoms with Crippen LogP contribution in [0.2, 0.25) is 5.02 Å². The minimum Gasteiger partial charge on any atom is -0.480 e. The molecular weight excluding hydrogens is 446 g/mol. The fourth-order valence-electron chi connectivity index (χ4n) is 3.89. The first-order valence-corrected chi connectivity index (χ1v) is 10.7. The Hall–Kier alpha value is -3.58. The van der Waals surface area contributed by atoms with Crippen molar-refractivity contribution in [1.29, 1.82) is 0 Å². The van der Waals surface area contributed by atoms with Crippen LogP contribution in [0.5, 0.6) is 0 Å². The maximum absolute atomic E-state index is 12.7. The summed E-state index contributed by atoms with van der Waals surface area (Å²) in [5.41, 5.74) is 2.85. The van der Waals surface area contributed by atoms with Crippen LogP contribution in [0.25, 0.3) is 21.9 Å². The van der Waals surface area contributed by atoms with Gasteiger partial charge < -0.3 is 19.3 Å². The minimum absolute atomic E-state index is 0.0840. The number of aliphatic carboxylic acids is 1. The van der Waals surface area contributed by atoms with E-state index in [0.717, 1.165) is 16.7 Å². The molecule has 2 aromatic heterocycles. The Labute approximate surface area is 194 Å². The zero-order valence-electron chi connectivity index (χ0n) is 18.3. The Balaban J connectivity index is 1.61. The van der Waals surface area contributed by atoms with Crippen LogP contribution in [0, 0.1) is 20.8 Å². The highest BCUT2D eigenvalue weighted by Crippen LogP contribution is 2.31. The molecule has 0 radical (unpaired) electrons. The normalized spacial score (nSPS) is 12.2. The number of aryl methyl sites for hydroxylation is 3. The molecular formula is C25H22ClNO6. The minimum atomic E-state index is -1.17. The van der Waals surface area contributed by atoms with Crippen molar-refractivity contribution in [3.63, 3.8) is 0 Å². The Morgan fingerprint density at radius 2 is 1.64 bits per heavy atom. The number of hydrogen-bond acceptors (Lipinski definition) is 5. The van der Waals surface area contributed by atoms with Crippen LogP contribution in [0.15, 0.2) is 50.0 Å². The van der Waals surface area contributed by atoms with Crippen LogP contribution >= 0.6 is 11.6 Å². The molecule has 4 rings (SSSR count). The van der Waals surface area contributed by atoms with Gasteiger partial charge in [0, 0.05) is 28.3 Å². The lowest BCUT2D eigenvalue weighted by molar-refractivity contribution is -0.141. The average Bonchev–Trinajstić information content (AvgIpc) is 3.03. The van der Waals surface area contributed by atoms with E-state index < -0.39 is 23.5 Å². The van der Waals surface area contributed by atoms with Crippen LogP contribution in [-0.4, -0.2) is 23.0 Å². The van der Waals surface area contributed by atoms with E-state index in [0.29, 0.717) is 32.7 Å². The molecule has 1 amide bonds. The number of nitrogens with one attached hydrogen (secondary N) is 1. The Morgan fingerprint density at radius 3 is 2.30 bits per heavy atom. The molecule has 33 heavy (non-hydrogen) atoms. The zero-order chi connectivity index (χ0) is 23.9. The van der Waals surface area contributed by atoms with E-state index in [4.69, 9.17) is 20.4 Å². The fraction of sp³-hybridized carbons (Fsp3) is 0.240. The van der Waals surface area contributed by atoms with E-state index in [2.05, 4.69) is 5.32 Å². The molecule has 2 aromatic carbocycles. The number of amides is 1. The first-order valence-electron chi connectivity index (χ1n) is 10.4. The smallest absolute Gasteiger partial charge is 0.340 e. The Kier molecular flexibility index (Phi) is 5.99. The van der Waals surface area contributed by atoms with Gasteiger partial charge in [-0.15, -0.1) is 0 Å². The average molecular weight is 468 g/mol. The molecule has 0 saturated heterocycles. The highest BCUT2D eigenvalue weighted by atomic mass is 35.5. The second-order valence-corrected chi connectivity index (χ2v) is 8.52. The van der Waals surface area contributed by atoms with E-state index in [1.54, 1.807) is 37.3 Å². The zero-order valence-corrected chi connectivity index (χ0v) is 19.1. The highest BCUT2D eigenvalue weighted by Gasteiger charge is 2.23. The number of carboxylic acids is 1. The summed E-state index contributed by atoms with van der Waals surface area (Å²) < 4.78 is 11.2. The number of furan rings is 1. The van der Waals surface area contributed by atoms with E-state index in [-0.39, 0.29) is 18.4 Å². The molecule has 0 bridgehead atoms. The maximum Gasteiger partial charge on any atom is 0.340 e. The molecule has 1 atom stereocenters. The molecule has 1 unspecified atom stereocenters. The summed E-state index contributed by atoms with van der Waals surface area (Å²) in [7, 11) is 0. The predicted molar refractivity (Wildman–Crippen MR) is 125 cm³/mol. The summed E-state index contributed by atoms with van der Waals surface area (Å²) >= 11 is 5.87. The molecule has 2 heterocycles. The van der Waals surface area contributed by atoms with Crippen molar-refractivity contribution in [1.82, 2.24) is 5.32 Å². The molecule has 170 valence electrons. The van der Waals surface area contributed by atoms with Gasteiger partial charge in [0.25, 0.3) is 0 Å². The topological polar surface area (TPSA) is 110 Å². The molecule has 0 fully saturated rings. The van der Waals surface area contributed by atoms with Crippen molar-refractivity contribution in [2.45, 2.75) is 39.7 Å². The number of halogens is 1. The van der Waals surface area contributed by atoms with Crippen LogP contribution in [0.3, 0.4) is 0 Å².